The lowest BCUT2D eigenvalue weighted by atomic mass is 9.93. The highest BCUT2D eigenvalue weighted by Gasteiger charge is 2.08. The third kappa shape index (κ3) is 1.98. The monoisotopic (exact) mass is 272 g/mol. The molecule has 4 aromatic rings. The molecule has 0 N–H and O–H groups in total. The normalized spacial score (nSPS) is 11.1. The Morgan fingerprint density at radius 3 is 2.19 bits per heavy atom. The van der Waals surface area contributed by atoms with Crippen LogP contribution in [0.25, 0.3) is 32.7 Å². The molecule has 0 bridgehead atoms. The summed E-state index contributed by atoms with van der Waals surface area (Å²) in [7, 11) is 0. The molecule has 0 saturated carbocycles. The summed E-state index contributed by atoms with van der Waals surface area (Å²) < 4.78 is 13.7. The third-order valence-corrected chi connectivity index (χ3v) is 3.91. The van der Waals surface area contributed by atoms with Crippen molar-refractivity contribution in [2.24, 2.45) is 0 Å². The first kappa shape index (κ1) is 12.1. The standard InChI is InChI=1S/C20H13F/c21-16-10-11-18-19(14-6-2-1-3-7-14)12-15-8-4-5-9-17(15)20(18)13-16/h1-13H. The van der Waals surface area contributed by atoms with Gasteiger partial charge in [-0.15, -0.1) is 0 Å². The van der Waals surface area contributed by atoms with Crippen molar-refractivity contribution in [1.29, 1.82) is 0 Å². The van der Waals surface area contributed by atoms with E-state index in [9.17, 15) is 4.39 Å². The molecule has 0 aliphatic carbocycles. The molecule has 0 saturated heterocycles. The second-order valence-corrected chi connectivity index (χ2v) is 5.20. The maximum Gasteiger partial charge on any atom is 0.123 e. The summed E-state index contributed by atoms with van der Waals surface area (Å²) in [6, 6.07) is 25.6. The maximum atomic E-state index is 13.7. The summed E-state index contributed by atoms with van der Waals surface area (Å²) in [5.74, 6) is -0.196. The Kier molecular flexibility index (Phi) is 2.71. The SMILES string of the molecule is Fc1ccc2c(-c3ccccc3)cc3ccccc3c2c1. The largest absolute Gasteiger partial charge is 0.207 e. The van der Waals surface area contributed by atoms with Crippen molar-refractivity contribution in [2.45, 2.75) is 0 Å². The number of hydrogen-bond donors (Lipinski definition) is 0. The van der Waals surface area contributed by atoms with Gasteiger partial charge in [-0.2, -0.15) is 0 Å². The van der Waals surface area contributed by atoms with Crippen molar-refractivity contribution in [3.63, 3.8) is 0 Å². The second-order valence-electron chi connectivity index (χ2n) is 5.20. The van der Waals surface area contributed by atoms with Gasteiger partial charge >= 0.3 is 0 Å². The van der Waals surface area contributed by atoms with Gasteiger partial charge in [0, 0.05) is 0 Å². The predicted octanol–water partition coefficient (Wildman–Crippen LogP) is 5.80. The van der Waals surface area contributed by atoms with Gasteiger partial charge in [0.1, 0.15) is 5.82 Å². The highest BCUT2D eigenvalue weighted by molar-refractivity contribution is 6.13. The molecule has 4 aromatic carbocycles. The zero-order valence-electron chi connectivity index (χ0n) is 11.4. The molecule has 0 aromatic heterocycles. The minimum Gasteiger partial charge on any atom is -0.207 e. The van der Waals surface area contributed by atoms with Crippen LogP contribution in [0.2, 0.25) is 0 Å². The number of hydrogen-bond acceptors (Lipinski definition) is 0. The van der Waals surface area contributed by atoms with Gasteiger partial charge in [0.15, 0.2) is 0 Å². The summed E-state index contributed by atoms with van der Waals surface area (Å²) in [6.45, 7) is 0. The molecular weight excluding hydrogens is 259 g/mol. The van der Waals surface area contributed by atoms with Crippen molar-refractivity contribution >= 4 is 21.5 Å². The topological polar surface area (TPSA) is 0 Å². The van der Waals surface area contributed by atoms with E-state index >= 15 is 0 Å². The van der Waals surface area contributed by atoms with Crippen LogP contribution in [0, 0.1) is 5.82 Å². The zero-order chi connectivity index (χ0) is 14.2. The number of rotatable bonds is 1. The van der Waals surface area contributed by atoms with Crippen molar-refractivity contribution in [3.8, 4) is 11.1 Å². The summed E-state index contributed by atoms with van der Waals surface area (Å²) in [5, 5.41) is 4.27. The van der Waals surface area contributed by atoms with Crippen molar-refractivity contribution in [3.05, 3.63) is 84.7 Å². The van der Waals surface area contributed by atoms with E-state index in [1.165, 1.54) is 6.07 Å². The van der Waals surface area contributed by atoms with Gasteiger partial charge in [-0.25, -0.2) is 4.39 Å². The maximum absolute atomic E-state index is 13.7. The molecule has 1 heteroatoms. The Balaban J connectivity index is 2.19. The fourth-order valence-electron chi connectivity index (χ4n) is 2.93. The molecule has 0 heterocycles. The Hall–Kier alpha value is -2.67. The van der Waals surface area contributed by atoms with E-state index in [-0.39, 0.29) is 5.82 Å². The lowest BCUT2D eigenvalue weighted by Crippen LogP contribution is -1.85. The molecule has 21 heavy (non-hydrogen) atoms. The number of halogens is 1. The van der Waals surface area contributed by atoms with Crippen LogP contribution in [-0.2, 0) is 0 Å². The van der Waals surface area contributed by atoms with E-state index in [0.29, 0.717) is 0 Å². The minimum atomic E-state index is -0.196. The van der Waals surface area contributed by atoms with Crippen LogP contribution in [0.5, 0.6) is 0 Å². The Morgan fingerprint density at radius 2 is 1.33 bits per heavy atom. The molecule has 0 spiro atoms. The summed E-state index contributed by atoms with van der Waals surface area (Å²) >= 11 is 0. The second kappa shape index (κ2) is 4.71. The smallest absolute Gasteiger partial charge is 0.123 e. The molecule has 0 radical (unpaired) electrons. The van der Waals surface area contributed by atoms with Gasteiger partial charge < -0.3 is 0 Å². The van der Waals surface area contributed by atoms with Gasteiger partial charge in [0.2, 0.25) is 0 Å². The molecule has 0 amide bonds. The number of benzene rings is 4. The average molecular weight is 272 g/mol. The average Bonchev–Trinajstić information content (AvgIpc) is 2.55. The highest BCUT2D eigenvalue weighted by Crippen LogP contribution is 2.35. The van der Waals surface area contributed by atoms with Crippen LogP contribution in [0.1, 0.15) is 0 Å². The van der Waals surface area contributed by atoms with Crippen molar-refractivity contribution < 1.29 is 4.39 Å². The van der Waals surface area contributed by atoms with Gasteiger partial charge in [-0.1, -0.05) is 60.7 Å². The van der Waals surface area contributed by atoms with E-state index in [1.54, 1.807) is 6.07 Å². The predicted molar refractivity (Wildman–Crippen MR) is 86.8 cm³/mol. The third-order valence-electron chi connectivity index (χ3n) is 3.91. The van der Waals surface area contributed by atoms with Crippen LogP contribution in [0.15, 0.2) is 78.9 Å². The quantitative estimate of drug-likeness (QED) is 0.384. The number of fused-ring (bicyclic) bond motifs is 3. The van der Waals surface area contributed by atoms with Gasteiger partial charge in [0.25, 0.3) is 0 Å². The molecule has 100 valence electrons. The first-order chi connectivity index (χ1) is 10.3. The minimum absolute atomic E-state index is 0.196. The van der Waals surface area contributed by atoms with Crippen LogP contribution in [-0.4, -0.2) is 0 Å². The molecule has 0 aliphatic heterocycles. The van der Waals surface area contributed by atoms with Crippen molar-refractivity contribution in [1.82, 2.24) is 0 Å². The van der Waals surface area contributed by atoms with E-state index in [0.717, 1.165) is 32.7 Å². The van der Waals surface area contributed by atoms with E-state index < -0.39 is 0 Å². The fraction of sp³-hybridized carbons (Fsp3) is 0. The van der Waals surface area contributed by atoms with Crippen LogP contribution in [0.4, 0.5) is 4.39 Å². The lowest BCUT2D eigenvalue weighted by Gasteiger charge is -2.11. The van der Waals surface area contributed by atoms with E-state index in [4.69, 9.17) is 0 Å². The van der Waals surface area contributed by atoms with Gasteiger partial charge in [-0.3, -0.25) is 0 Å². The molecule has 0 atom stereocenters. The van der Waals surface area contributed by atoms with Gasteiger partial charge in [0.05, 0.1) is 0 Å². The highest BCUT2D eigenvalue weighted by atomic mass is 19.1. The zero-order valence-corrected chi connectivity index (χ0v) is 11.4. The summed E-state index contributed by atoms with van der Waals surface area (Å²) in [4.78, 5) is 0. The first-order valence-electron chi connectivity index (χ1n) is 6.99. The van der Waals surface area contributed by atoms with E-state index in [2.05, 4.69) is 24.3 Å². The molecule has 0 unspecified atom stereocenters. The van der Waals surface area contributed by atoms with Crippen LogP contribution >= 0.6 is 0 Å². The Labute approximate surface area is 122 Å². The lowest BCUT2D eigenvalue weighted by molar-refractivity contribution is 0.630. The molecule has 0 fully saturated rings. The Morgan fingerprint density at radius 1 is 0.571 bits per heavy atom. The van der Waals surface area contributed by atoms with Crippen LogP contribution in [0.3, 0.4) is 0 Å². The molecule has 0 aliphatic rings. The summed E-state index contributed by atoms with van der Waals surface area (Å²) in [5.41, 5.74) is 2.30. The van der Waals surface area contributed by atoms with Gasteiger partial charge in [-0.05, 0) is 50.9 Å². The van der Waals surface area contributed by atoms with Crippen molar-refractivity contribution in [2.75, 3.05) is 0 Å². The molecular formula is C20H13F. The fourth-order valence-corrected chi connectivity index (χ4v) is 2.93. The summed E-state index contributed by atoms with van der Waals surface area (Å²) in [6.07, 6.45) is 0. The molecule has 4 rings (SSSR count). The van der Waals surface area contributed by atoms with E-state index in [1.807, 2.05) is 42.5 Å². The van der Waals surface area contributed by atoms with Crippen LogP contribution < -0.4 is 0 Å². The Bertz CT molecular complexity index is 940. The first-order valence-corrected chi connectivity index (χ1v) is 6.99. The molecule has 0 nitrogen and oxygen atoms in total.